The molecule has 0 bridgehead atoms. The van der Waals surface area contributed by atoms with Gasteiger partial charge in [-0.05, 0) is 55.3 Å². The first-order chi connectivity index (χ1) is 14.8. The van der Waals surface area contributed by atoms with E-state index < -0.39 is 28.3 Å². The van der Waals surface area contributed by atoms with Crippen molar-refractivity contribution in [1.29, 1.82) is 0 Å². The van der Waals surface area contributed by atoms with Crippen molar-refractivity contribution in [2.24, 2.45) is 0 Å². The number of rotatable bonds is 8. The van der Waals surface area contributed by atoms with E-state index in [2.05, 4.69) is 5.32 Å². The number of hydrogen-bond donors (Lipinski definition) is 1. The topological polar surface area (TPSA) is 66.5 Å². The van der Waals surface area contributed by atoms with Crippen LogP contribution in [0.3, 0.4) is 0 Å². The second-order valence-corrected chi connectivity index (χ2v) is 9.10. The molecule has 0 aliphatic carbocycles. The van der Waals surface area contributed by atoms with Crippen molar-refractivity contribution in [3.05, 3.63) is 95.8 Å². The maximum absolute atomic E-state index is 13.3. The smallest absolute Gasteiger partial charge is 0.264 e. The highest BCUT2D eigenvalue weighted by atomic mass is 32.2. The average molecular weight is 441 g/mol. The lowest BCUT2D eigenvalue weighted by molar-refractivity contribution is -0.120. The van der Waals surface area contributed by atoms with Crippen LogP contribution in [0.1, 0.15) is 30.5 Å². The van der Waals surface area contributed by atoms with E-state index in [4.69, 9.17) is 0 Å². The van der Waals surface area contributed by atoms with Crippen molar-refractivity contribution >= 4 is 21.6 Å². The van der Waals surface area contributed by atoms with Crippen LogP contribution < -0.4 is 9.62 Å². The van der Waals surface area contributed by atoms with E-state index in [1.807, 2.05) is 38.1 Å². The van der Waals surface area contributed by atoms with Crippen molar-refractivity contribution in [2.45, 2.75) is 31.2 Å². The Morgan fingerprint density at radius 2 is 1.58 bits per heavy atom. The van der Waals surface area contributed by atoms with Gasteiger partial charge in [-0.2, -0.15) is 0 Å². The molecule has 0 saturated carbocycles. The Kier molecular flexibility index (Phi) is 7.07. The number of aryl methyl sites for hydroxylation is 1. The molecule has 3 aromatic carbocycles. The van der Waals surface area contributed by atoms with E-state index in [0.717, 1.165) is 27.6 Å². The van der Waals surface area contributed by atoms with Gasteiger partial charge in [0.05, 0.1) is 16.6 Å². The first-order valence-corrected chi connectivity index (χ1v) is 11.4. The maximum atomic E-state index is 13.3. The highest BCUT2D eigenvalue weighted by molar-refractivity contribution is 7.92. The highest BCUT2D eigenvalue weighted by Gasteiger charge is 2.28. The lowest BCUT2D eigenvalue weighted by Gasteiger charge is -2.25. The van der Waals surface area contributed by atoms with Crippen LogP contribution >= 0.6 is 0 Å². The van der Waals surface area contributed by atoms with Crippen molar-refractivity contribution < 1.29 is 17.6 Å². The number of para-hydroxylation sites is 1. The van der Waals surface area contributed by atoms with Crippen molar-refractivity contribution in [3.8, 4) is 0 Å². The minimum Gasteiger partial charge on any atom is -0.348 e. The van der Waals surface area contributed by atoms with Crippen LogP contribution in [-0.4, -0.2) is 20.9 Å². The van der Waals surface area contributed by atoms with Gasteiger partial charge in [0.15, 0.2) is 0 Å². The Morgan fingerprint density at radius 3 is 2.16 bits per heavy atom. The molecule has 162 valence electrons. The van der Waals surface area contributed by atoms with E-state index in [9.17, 15) is 17.6 Å². The lowest BCUT2D eigenvalue weighted by Crippen LogP contribution is -2.42. The van der Waals surface area contributed by atoms with Crippen molar-refractivity contribution in [1.82, 2.24) is 5.32 Å². The fourth-order valence-corrected chi connectivity index (χ4v) is 4.65. The normalized spacial score (nSPS) is 12.2. The SMILES string of the molecule is CCC(NC(=O)CN(c1ccccc1)S(=O)(=O)c1ccc(F)cc1)c1ccc(C)cc1. The number of carbonyl (C=O) groups is 1. The summed E-state index contributed by atoms with van der Waals surface area (Å²) in [6.07, 6.45) is 0.658. The molecule has 3 rings (SSSR count). The van der Waals surface area contributed by atoms with E-state index in [1.54, 1.807) is 30.3 Å². The van der Waals surface area contributed by atoms with Gasteiger partial charge in [0.2, 0.25) is 5.91 Å². The molecule has 0 aliphatic rings. The molecule has 5 nitrogen and oxygen atoms in total. The Morgan fingerprint density at radius 1 is 0.968 bits per heavy atom. The molecule has 1 N–H and O–H groups in total. The predicted molar refractivity (Wildman–Crippen MR) is 120 cm³/mol. The van der Waals surface area contributed by atoms with Crippen LogP contribution in [-0.2, 0) is 14.8 Å². The lowest BCUT2D eigenvalue weighted by atomic mass is 10.0. The van der Waals surface area contributed by atoms with Gasteiger partial charge in [0.25, 0.3) is 10.0 Å². The summed E-state index contributed by atoms with van der Waals surface area (Å²) in [6, 6.07) is 20.6. The number of carbonyl (C=O) groups excluding carboxylic acids is 1. The van der Waals surface area contributed by atoms with E-state index in [-0.39, 0.29) is 10.9 Å². The number of nitrogens with one attached hydrogen (secondary N) is 1. The Bertz CT molecular complexity index is 1120. The van der Waals surface area contributed by atoms with Crippen LogP contribution in [0.25, 0.3) is 0 Å². The van der Waals surface area contributed by atoms with Crippen molar-refractivity contribution in [2.75, 3.05) is 10.8 Å². The summed E-state index contributed by atoms with van der Waals surface area (Å²) >= 11 is 0. The molecule has 1 unspecified atom stereocenters. The summed E-state index contributed by atoms with van der Waals surface area (Å²) in [5, 5.41) is 2.93. The number of anilines is 1. The predicted octanol–water partition coefficient (Wildman–Crippen LogP) is 4.60. The third-order valence-electron chi connectivity index (χ3n) is 4.96. The molecular formula is C24H25FN2O3S. The molecule has 31 heavy (non-hydrogen) atoms. The third kappa shape index (κ3) is 5.49. The van der Waals surface area contributed by atoms with Gasteiger partial charge < -0.3 is 5.32 Å². The van der Waals surface area contributed by atoms with E-state index in [1.165, 1.54) is 12.1 Å². The van der Waals surface area contributed by atoms with Crippen molar-refractivity contribution in [3.63, 3.8) is 0 Å². The van der Waals surface area contributed by atoms with E-state index in [0.29, 0.717) is 12.1 Å². The quantitative estimate of drug-likeness (QED) is 0.557. The molecule has 0 fully saturated rings. The number of halogens is 1. The number of benzene rings is 3. The molecule has 3 aromatic rings. The first-order valence-electron chi connectivity index (χ1n) is 10.0. The summed E-state index contributed by atoms with van der Waals surface area (Å²) in [5.74, 6) is -0.964. The fourth-order valence-electron chi connectivity index (χ4n) is 3.23. The van der Waals surface area contributed by atoms with Gasteiger partial charge in [-0.15, -0.1) is 0 Å². The van der Waals surface area contributed by atoms with Crippen LogP contribution in [0.15, 0.2) is 83.8 Å². The van der Waals surface area contributed by atoms with Crippen LogP contribution in [0, 0.1) is 12.7 Å². The summed E-state index contributed by atoms with van der Waals surface area (Å²) in [5.41, 5.74) is 2.42. The van der Waals surface area contributed by atoms with Crippen LogP contribution in [0.2, 0.25) is 0 Å². The standard InChI is InChI=1S/C24H25FN2O3S/c1-3-23(19-11-9-18(2)10-12-19)26-24(28)17-27(21-7-5-4-6-8-21)31(29,30)22-15-13-20(25)14-16-22/h4-16,23H,3,17H2,1-2H3,(H,26,28). The average Bonchev–Trinajstić information content (AvgIpc) is 2.77. The maximum Gasteiger partial charge on any atom is 0.264 e. The second kappa shape index (κ2) is 9.75. The van der Waals surface area contributed by atoms with E-state index >= 15 is 0 Å². The van der Waals surface area contributed by atoms with Gasteiger partial charge in [0, 0.05) is 0 Å². The minimum absolute atomic E-state index is 0.0869. The molecule has 1 atom stereocenters. The summed E-state index contributed by atoms with van der Waals surface area (Å²) < 4.78 is 40.9. The summed E-state index contributed by atoms with van der Waals surface area (Å²) in [7, 11) is -4.07. The van der Waals surface area contributed by atoms with Crippen LogP contribution in [0.4, 0.5) is 10.1 Å². The monoisotopic (exact) mass is 440 g/mol. The summed E-state index contributed by atoms with van der Waals surface area (Å²) in [6.45, 7) is 3.54. The number of sulfonamides is 1. The number of amides is 1. The zero-order valence-electron chi connectivity index (χ0n) is 17.5. The molecule has 0 saturated heterocycles. The largest absolute Gasteiger partial charge is 0.348 e. The number of nitrogens with zero attached hydrogens (tertiary/aromatic N) is 1. The van der Waals surface area contributed by atoms with Gasteiger partial charge in [-0.3, -0.25) is 9.10 Å². The Labute approximate surface area is 182 Å². The third-order valence-corrected chi connectivity index (χ3v) is 6.74. The molecule has 7 heteroatoms. The molecular weight excluding hydrogens is 415 g/mol. The number of hydrogen-bond acceptors (Lipinski definition) is 3. The molecule has 0 spiro atoms. The van der Waals surface area contributed by atoms with Gasteiger partial charge in [-0.25, -0.2) is 12.8 Å². The van der Waals surface area contributed by atoms with Gasteiger partial charge in [0.1, 0.15) is 12.4 Å². The van der Waals surface area contributed by atoms with Crippen LogP contribution in [0.5, 0.6) is 0 Å². The zero-order valence-corrected chi connectivity index (χ0v) is 18.3. The Hall–Kier alpha value is -3.19. The second-order valence-electron chi connectivity index (χ2n) is 7.24. The fraction of sp³-hybridized carbons (Fsp3) is 0.208. The minimum atomic E-state index is -4.07. The first kappa shape index (κ1) is 22.5. The highest BCUT2D eigenvalue weighted by Crippen LogP contribution is 2.24. The summed E-state index contributed by atoms with van der Waals surface area (Å²) in [4.78, 5) is 12.8. The Balaban J connectivity index is 1.87. The van der Waals surface area contributed by atoms with Gasteiger partial charge >= 0.3 is 0 Å². The molecule has 1 amide bonds. The zero-order chi connectivity index (χ0) is 22.4. The molecule has 0 aromatic heterocycles. The molecule has 0 radical (unpaired) electrons. The molecule has 0 aliphatic heterocycles. The van der Waals surface area contributed by atoms with Gasteiger partial charge in [-0.1, -0.05) is 55.0 Å². The molecule has 0 heterocycles.